The SMILES string of the molecule is CC(C)(C)CC(=O)N1CCCN(C(=O)c2cc3ccccc3oc2=O)CC1. The van der Waals surface area contributed by atoms with Crippen LogP contribution >= 0.6 is 0 Å². The molecular formula is C21H26N2O4. The molecule has 1 aromatic carbocycles. The highest BCUT2D eigenvalue weighted by Gasteiger charge is 2.26. The Kier molecular flexibility index (Phi) is 5.35. The molecule has 1 fully saturated rings. The molecule has 0 N–H and O–H groups in total. The lowest BCUT2D eigenvalue weighted by Gasteiger charge is -2.25. The molecule has 1 saturated heterocycles. The molecule has 1 aliphatic heterocycles. The molecule has 144 valence electrons. The Bertz CT molecular complexity index is 910. The molecule has 2 amide bonds. The summed E-state index contributed by atoms with van der Waals surface area (Å²) < 4.78 is 5.28. The van der Waals surface area contributed by atoms with Crippen LogP contribution in [0.5, 0.6) is 0 Å². The van der Waals surface area contributed by atoms with Gasteiger partial charge in [0.05, 0.1) is 0 Å². The van der Waals surface area contributed by atoms with Gasteiger partial charge in [-0.15, -0.1) is 0 Å². The Hall–Kier alpha value is -2.63. The summed E-state index contributed by atoms with van der Waals surface area (Å²) in [7, 11) is 0. The number of carbonyl (C=O) groups excluding carboxylic acids is 2. The highest BCUT2D eigenvalue weighted by Crippen LogP contribution is 2.21. The molecule has 0 radical (unpaired) electrons. The maximum absolute atomic E-state index is 12.9. The minimum Gasteiger partial charge on any atom is -0.422 e. The number of hydrogen-bond acceptors (Lipinski definition) is 4. The van der Waals surface area contributed by atoms with Crippen molar-refractivity contribution in [2.45, 2.75) is 33.6 Å². The maximum atomic E-state index is 12.9. The lowest BCUT2D eigenvalue weighted by Crippen LogP contribution is -2.39. The zero-order valence-electron chi connectivity index (χ0n) is 16.2. The summed E-state index contributed by atoms with van der Waals surface area (Å²) in [6, 6.07) is 8.73. The van der Waals surface area contributed by atoms with Gasteiger partial charge in [-0.25, -0.2) is 4.79 Å². The smallest absolute Gasteiger partial charge is 0.349 e. The standard InChI is InChI=1S/C21H26N2O4/c1-21(2,3)14-18(24)22-9-6-10-23(12-11-22)19(25)16-13-15-7-4-5-8-17(15)27-20(16)26/h4-5,7-8,13H,6,9-12,14H2,1-3H3. The third-order valence-corrected chi connectivity index (χ3v) is 4.69. The van der Waals surface area contributed by atoms with E-state index < -0.39 is 5.63 Å². The topological polar surface area (TPSA) is 70.8 Å². The monoisotopic (exact) mass is 370 g/mol. The van der Waals surface area contributed by atoms with Gasteiger partial charge < -0.3 is 14.2 Å². The predicted octanol–water partition coefficient (Wildman–Crippen LogP) is 2.90. The number of fused-ring (bicyclic) bond motifs is 1. The molecular weight excluding hydrogens is 344 g/mol. The molecule has 1 aromatic heterocycles. The molecule has 0 bridgehead atoms. The van der Waals surface area contributed by atoms with Crippen LogP contribution in [0.2, 0.25) is 0 Å². The Balaban J connectivity index is 1.74. The van der Waals surface area contributed by atoms with Crippen molar-refractivity contribution >= 4 is 22.8 Å². The maximum Gasteiger partial charge on any atom is 0.349 e. The van der Waals surface area contributed by atoms with Crippen molar-refractivity contribution in [3.8, 4) is 0 Å². The number of benzene rings is 1. The first kappa shape index (κ1) is 19.1. The van der Waals surface area contributed by atoms with E-state index in [1.807, 2.05) is 37.8 Å². The van der Waals surface area contributed by atoms with E-state index in [2.05, 4.69) is 0 Å². The van der Waals surface area contributed by atoms with E-state index in [9.17, 15) is 14.4 Å². The summed E-state index contributed by atoms with van der Waals surface area (Å²) in [5.41, 5.74) is -0.177. The van der Waals surface area contributed by atoms with Gasteiger partial charge in [0.25, 0.3) is 5.91 Å². The van der Waals surface area contributed by atoms with Gasteiger partial charge in [-0.3, -0.25) is 9.59 Å². The largest absolute Gasteiger partial charge is 0.422 e. The van der Waals surface area contributed by atoms with Crippen molar-refractivity contribution in [2.75, 3.05) is 26.2 Å². The van der Waals surface area contributed by atoms with Crippen molar-refractivity contribution < 1.29 is 14.0 Å². The average molecular weight is 370 g/mol. The number of hydrogen-bond donors (Lipinski definition) is 0. The van der Waals surface area contributed by atoms with Crippen LogP contribution in [0.4, 0.5) is 0 Å². The van der Waals surface area contributed by atoms with E-state index in [-0.39, 0.29) is 22.8 Å². The van der Waals surface area contributed by atoms with E-state index in [0.29, 0.717) is 44.6 Å². The fourth-order valence-electron chi connectivity index (χ4n) is 3.32. The first-order valence-corrected chi connectivity index (χ1v) is 9.34. The highest BCUT2D eigenvalue weighted by molar-refractivity contribution is 5.96. The second kappa shape index (κ2) is 7.55. The van der Waals surface area contributed by atoms with Gasteiger partial charge in [0.15, 0.2) is 0 Å². The Morgan fingerprint density at radius 2 is 1.70 bits per heavy atom. The van der Waals surface area contributed by atoms with Gasteiger partial charge in [-0.2, -0.15) is 0 Å². The van der Waals surface area contributed by atoms with E-state index in [4.69, 9.17) is 4.42 Å². The molecule has 0 saturated carbocycles. The number of carbonyl (C=O) groups is 2. The molecule has 2 aromatic rings. The van der Waals surface area contributed by atoms with Gasteiger partial charge in [0, 0.05) is 38.0 Å². The number of amides is 2. The van der Waals surface area contributed by atoms with Gasteiger partial charge in [0.2, 0.25) is 5.91 Å². The van der Waals surface area contributed by atoms with E-state index in [1.54, 1.807) is 23.1 Å². The third kappa shape index (κ3) is 4.56. The normalized spacial score (nSPS) is 15.7. The van der Waals surface area contributed by atoms with E-state index >= 15 is 0 Å². The summed E-state index contributed by atoms with van der Waals surface area (Å²) in [4.78, 5) is 41.1. The zero-order valence-corrected chi connectivity index (χ0v) is 16.2. The van der Waals surface area contributed by atoms with Gasteiger partial charge in [-0.1, -0.05) is 39.0 Å². The predicted molar refractivity (Wildman–Crippen MR) is 104 cm³/mol. The van der Waals surface area contributed by atoms with Gasteiger partial charge in [-0.05, 0) is 24.0 Å². The Morgan fingerprint density at radius 1 is 1.04 bits per heavy atom. The molecule has 27 heavy (non-hydrogen) atoms. The van der Waals surface area contributed by atoms with Gasteiger partial charge in [0.1, 0.15) is 11.1 Å². The minimum atomic E-state index is -0.622. The molecule has 0 atom stereocenters. The molecule has 2 heterocycles. The second-order valence-corrected chi connectivity index (χ2v) is 8.25. The van der Waals surface area contributed by atoms with Crippen LogP contribution in [0.1, 0.15) is 44.0 Å². The summed E-state index contributed by atoms with van der Waals surface area (Å²) >= 11 is 0. The second-order valence-electron chi connectivity index (χ2n) is 8.25. The lowest BCUT2D eigenvalue weighted by molar-refractivity contribution is -0.132. The molecule has 3 rings (SSSR count). The van der Waals surface area contributed by atoms with Crippen LogP contribution in [0.3, 0.4) is 0 Å². The number of rotatable bonds is 2. The first-order valence-electron chi connectivity index (χ1n) is 9.34. The summed E-state index contributed by atoms with van der Waals surface area (Å²) in [5.74, 6) is -0.221. The van der Waals surface area contributed by atoms with Crippen LogP contribution in [0.15, 0.2) is 39.5 Å². The van der Waals surface area contributed by atoms with Crippen molar-refractivity contribution in [1.29, 1.82) is 0 Å². The fourth-order valence-corrected chi connectivity index (χ4v) is 3.32. The number of para-hydroxylation sites is 1. The molecule has 0 aliphatic carbocycles. The fraction of sp³-hybridized carbons (Fsp3) is 0.476. The van der Waals surface area contributed by atoms with Crippen molar-refractivity contribution in [1.82, 2.24) is 9.80 Å². The molecule has 6 heteroatoms. The van der Waals surface area contributed by atoms with Gasteiger partial charge >= 0.3 is 5.63 Å². The summed E-state index contributed by atoms with van der Waals surface area (Å²) in [6.45, 7) is 8.17. The Labute approximate surface area is 158 Å². The average Bonchev–Trinajstić information content (AvgIpc) is 2.85. The van der Waals surface area contributed by atoms with Crippen LogP contribution in [0.25, 0.3) is 11.0 Å². The van der Waals surface area contributed by atoms with E-state index in [0.717, 1.165) is 5.39 Å². The third-order valence-electron chi connectivity index (χ3n) is 4.69. The summed E-state index contributed by atoms with van der Waals surface area (Å²) in [5, 5.41) is 0.720. The van der Waals surface area contributed by atoms with Crippen LogP contribution in [-0.2, 0) is 4.79 Å². The quantitative estimate of drug-likeness (QED) is 0.762. The Morgan fingerprint density at radius 3 is 2.44 bits per heavy atom. The number of nitrogens with zero attached hydrogens (tertiary/aromatic N) is 2. The summed E-state index contributed by atoms with van der Waals surface area (Å²) in [6.07, 6.45) is 1.18. The highest BCUT2D eigenvalue weighted by atomic mass is 16.4. The van der Waals surface area contributed by atoms with E-state index in [1.165, 1.54) is 0 Å². The van der Waals surface area contributed by atoms with Crippen LogP contribution in [0, 0.1) is 5.41 Å². The molecule has 1 aliphatic rings. The first-order chi connectivity index (χ1) is 12.7. The van der Waals surface area contributed by atoms with Crippen molar-refractivity contribution in [3.63, 3.8) is 0 Å². The molecule has 0 unspecified atom stereocenters. The molecule has 6 nitrogen and oxygen atoms in total. The van der Waals surface area contributed by atoms with Crippen molar-refractivity contribution in [3.05, 3.63) is 46.3 Å². The zero-order chi connectivity index (χ0) is 19.6. The minimum absolute atomic E-state index is 0.0446. The van der Waals surface area contributed by atoms with Crippen LogP contribution < -0.4 is 5.63 Å². The van der Waals surface area contributed by atoms with Crippen LogP contribution in [-0.4, -0.2) is 47.8 Å². The van der Waals surface area contributed by atoms with Crippen molar-refractivity contribution in [2.24, 2.45) is 5.41 Å². The lowest BCUT2D eigenvalue weighted by atomic mass is 9.91. The molecule has 0 spiro atoms.